The molecule has 1 heterocycles. The van der Waals surface area contributed by atoms with E-state index in [1.165, 1.54) is 36.4 Å². The Morgan fingerprint density at radius 1 is 0.982 bits per heavy atom. The predicted molar refractivity (Wildman–Crippen MR) is 204 cm³/mol. The minimum Gasteiger partial charge on any atom is -0.444 e. The SMILES string of the molecule is CC(C)(C)OC(=O)NC(=N)c1cccc(-n2nc(C(F)(F)F)cc2C(=O)Nc2cc(C(CCC3CC3)(N[S@](=O)C(C)(C)C)c3cccc(C#N)c3)ccc2F)c1. The quantitative estimate of drug-likeness (QED) is 0.0677. The Bertz CT molecular complexity index is 2210. The molecule has 5 rings (SSSR count). The maximum Gasteiger partial charge on any atom is 0.435 e. The van der Waals surface area contributed by atoms with Gasteiger partial charge in [-0.05, 0) is 108 Å². The van der Waals surface area contributed by atoms with E-state index in [1.807, 2.05) is 0 Å². The van der Waals surface area contributed by atoms with E-state index in [2.05, 4.69) is 26.5 Å². The lowest BCUT2D eigenvalue weighted by Gasteiger charge is -2.38. The Morgan fingerprint density at radius 3 is 2.29 bits per heavy atom. The van der Waals surface area contributed by atoms with Gasteiger partial charge >= 0.3 is 12.3 Å². The normalized spacial score (nSPS) is 14.9. The summed E-state index contributed by atoms with van der Waals surface area (Å²) in [7, 11) is -1.68. The highest BCUT2D eigenvalue weighted by atomic mass is 32.2. The fourth-order valence-electron chi connectivity index (χ4n) is 5.84. The van der Waals surface area contributed by atoms with Gasteiger partial charge in [-0.15, -0.1) is 0 Å². The van der Waals surface area contributed by atoms with Gasteiger partial charge in [-0.25, -0.2) is 22.8 Å². The molecule has 0 radical (unpaired) electrons. The van der Waals surface area contributed by atoms with Crippen LogP contribution in [0.15, 0.2) is 72.8 Å². The Hall–Kier alpha value is -5.40. The molecule has 1 saturated carbocycles. The van der Waals surface area contributed by atoms with E-state index in [-0.39, 0.29) is 16.9 Å². The van der Waals surface area contributed by atoms with Gasteiger partial charge in [0.15, 0.2) is 5.69 Å². The number of nitriles is 1. The van der Waals surface area contributed by atoms with Crippen molar-refractivity contribution in [2.24, 2.45) is 5.92 Å². The van der Waals surface area contributed by atoms with Crippen LogP contribution >= 0.6 is 0 Å². The second-order valence-electron chi connectivity index (χ2n) is 15.6. The number of anilines is 1. The number of hydrogen-bond donors (Lipinski definition) is 4. The molecule has 0 bridgehead atoms. The molecule has 56 heavy (non-hydrogen) atoms. The molecule has 11 nitrogen and oxygen atoms in total. The van der Waals surface area contributed by atoms with Gasteiger partial charge in [0.05, 0.1) is 44.3 Å². The highest BCUT2D eigenvalue weighted by molar-refractivity contribution is 7.84. The van der Waals surface area contributed by atoms with Gasteiger partial charge in [-0.3, -0.25) is 15.5 Å². The summed E-state index contributed by atoms with van der Waals surface area (Å²) in [5.41, 5.74) is -3.19. The third-order valence-electron chi connectivity index (χ3n) is 8.88. The monoisotopic (exact) mass is 793 g/mol. The van der Waals surface area contributed by atoms with Gasteiger partial charge in [0, 0.05) is 11.6 Å². The summed E-state index contributed by atoms with van der Waals surface area (Å²) in [5.74, 6) is -2.05. The van der Waals surface area contributed by atoms with Gasteiger partial charge in [0.1, 0.15) is 22.9 Å². The molecule has 1 aliphatic rings. The average molecular weight is 794 g/mol. The van der Waals surface area contributed by atoms with Crippen molar-refractivity contribution in [1.82, 2.24) is 19.8 Å². The highest BCUT2D eigenvalue weighted by Crippen LogP contribution is 2.43. The van der Waals surface area contributed by atoms with Crippen molar-refractivity contribution in [2.45, 2.75) is 89.3 Å². The number of ether oxygens (including phenoxy) is 1. The summed E-state index contributed by atoms with van der Waals surface area (Å²) in [6, 6.07) is 18.8. The number of nitrogens with zero attached hydrogens (tertiary/aromatic N) is 3. The fourth-order valence-corrected chi connectivity index (χ4v) is 6.80. The predicted octanol–water partition coefficient (Wildman–Crippen LogP) is 8.49. The summed E-state index contributed by atoms with van der Waals surface area (Å²) in [6.45, 7) is 10.3. The number of carbonyl (C=O) groups excluding carboxylic acids is 2. The number of nitrogens with one attached hydrogen (secondary N) is 4. The van der Waals surface area contributed by atoms with E-state index in [9.17, 15) is 32.2 Å². The van der Waals surface area contributed by atoms with Crippen molar-refractivity contribution < 1.29 is 36.1 Å². The first-order valence-electron chi connectivity index (χ1n) is 17.8. The molecule has 296 valence electrons. The molecule has 4 N–H and O–H groups in total. The van der Waals surface area contributed by atoms with E-state index >= 15 is 4.39 Å². The zero-order valence-corrected chi connectivity index (χ0v) is 32.5. The van der Waals surface area contributed by atoms with Crippen LogP contribution in [-0.4, -0.2) is 42.2 Å². The molecule has 0 aliphatic heterocycles. The van der Waals surface area contributed by atoms with Crippen LogP contribution in [-0.2, 0) is 27.4 Å². The third-order valence-corrected chi connectivity index (χ3v) is 10.5. The van der Waals surface area contributed by atoms with Crippen LogP contribution in [0, 0.1) is 28.5 Å². The van der Waals surface area contributed by atoms with Crippen molar-refractivity contribution in [3.8, 4) is 11.8 Å². The maximum absolute atomic E-state index is 15.7. The average Bonchev–Trinajstić information content (AvgIpc) is 3.83. The molecule has 2 atom stereocenters. The molecule has 16 heteroatoms. The molecule has 1 unspecified atom stereocenters. The second kappa shape index (κ2) is 16.0. The molecule has 1 fully saturated rings. The lowest BCUT2D eigenvalue weighted by atomic mass is 9.79. The summed E-state index contributed by atoms with van der Waals surface area (Å²) in [5, 5.41) is 26.4. The zero-order valence-electron chi connectivity index (χ0n) is 31.7. The van der Waals surface area contributed by atoms with Crippen LogP contribution in [0.5, 0.6) is 0 Å². The molecule has 1 aromatic heterocycles. The van der Waals surface area contributed by atoms with Gasteiger partial charge < -0.3 is 10.1 Å². The molecule has 3 aromatic carbocycles. The van der Waals surface area contributed by atoms with Crippen molar-refractivity contribution in [3.05, 3.63) is 112 Å². The number of alkyl carbamates (subject to hydrolysis) is 1. The Labute approximate surface area is 324 Å². The molecule has 0 spiro atoms. The van der Waals surface area contributed by atoms with Gasteiger partial charge in [0.2, 0.25) is 0 Å². The van der Waals surface area contributed by atoms with Crippen LogP contribution < -0.4 is 15.4 Å². The van der Waals surface area contributed by atoms with Crippen molar-refractivity contribution >= 4 is 34.5 Å². The van der Waals surface area contributed by atoms with Gasteiger partial charge in [-0.1, -0.05) is 43.2 Å². The third kappa shape index (κ3) is 10.1. The van der Waals surface area contributed by atoms with Gasteiger partial charge in [0.25, 0.3) is 5.91 Å². The molecule has 4 aromatic rings. The number of hydrogen-bond acceptors (Lipinski definition) is 7. The molecule has 0 saturated heterocycles. The zero-order chi connectivity index (χ0) is 41.2. The van der Waals surface area contributed by atoms with Crippen molar-refractivity contribution in [3.63, 3.8) is 0 Å². The van der Waals surface area contributed by atoms with E-state index in [4.69, 9.17) is 10.1 Å². The van der Waals surface area contributed by atoms with E-state index < -0.39 is 68.1 Å². The molecule has 2 amide bonds. The fraction of sp³-hybridized carbons (Fsp3) is 0.375. The first-order chi connectivity index (χ1) is 26.1. The largest absolute Gasteiger partial charge is 0.444 e. The topological polar surface area (TPSA) is 162 Å². The number of alkyl halides is 3. The summed E-state index contributed by atoms with van der Waals surface area (Å²) >= 11 is 0. The van der Waals surface area contributed by atoms with Gasteiger partial charge in [-0.2, -0.15) is 23.5 Å². The lowest BCUT2D eigenvalue weighted by molar-refractivity contribution is -0.141. The first kappa shape index (κ1) is 41.8. The summed E-state index contributed by atoms with van der Waals surface area (Å²) in [4.78, 5) is 26.2. The number of halogens is 4. The maximum atomic E-state index is 15.7. The Morgan fingerprint density at radius 2 is 1.66 bits per heavy atom. The van der Waals surface area contributed by atoms with Crippen LogP contribution in [0.4, 0.5) is 28.0 Å². The summed E-state index contributed by atoms with van der Waals surface area (Å²) < 4.78 is 80.1. The highest BCUT2D eigenvalue weighted by Gasteiger charge is 2.41. The number of carbonyl (C=O) groups is 2. The number of amides is 2. The number of rotatable bonds is 11. The van der Waals surface area contributed by atoms with E-state index in [0.717, 1.165) is 18.9 Å². The molecule has 1 aliphatic carbocycles. The number of aromatic nitrogens is 2. The number of benzene rings is 3. The molecular formula is C40H43F4N7O4S. The lowest BCUT2D eigenvalue weighted by Crippen LogP contribution is -2.49. The van der Waals surface area contributed by atoms with E-state index in [0.29, 0.717) is 46.2 Å². The number of amidine groups is 1. The Balaban J connectivity index is 1.57. The molecular weight excluding hydrogens is 751 g/mol. The van der Waals surface area contributed by atoms with Crippen LogP contribution in [0.1, 0.15) is 106 Å². The van der Waals surface area contributed by atoms with Crippen molar-refractivity contribution in [2.75, 3.05) is 5.32 Å². The second-order valence-corrected chi connectivity index (χ2v) is 17.6. The van der Waals surface area contributed by atoms with Crippen LogP contribution in [0.25, 0.3) is 5.69 Å². The summed E-state index contributed by atoms with van der Waals surface area (Å²) in [6.07, 6.45) is -2.78. The minimum atomic E-state index is -4.97. The Kier molecular flexibility index (Phi) is 11.9. The van der Waals surface area contributed by atoms with Crippen LogP contribution in [0.3, 0.4) is 0 Å². The van der Waals surface area contributed by atoms with Crippen LogP contribution in [0.2, 0.25) is 0 Å². The first-order valence-corrected chi connectivity index (χ1v) is 18.9. The van der Waals surface area contributed by atoms with Crippen molar-refractivity contribution in [1.29, 1.82) is 10.7 Å². The van der Waals surface area contributed by atoms with E-state index in [1.54, 1.807) is 65.8 Å². The minimum absolute atomic E-state index is 0.0608. The smallest absolute Gasteiger partial charge is 0.435 e. The standard InChI is InChI=1S/C40H43F4N7O4S/c1-37(2,3)55-36(53)48-34(46)26-10-8-12-29(20-26)51-32(22-33(49-51)40(42,43)44)35(52)47-31-21-28(15-16-30(31)41)39(18-17-24-13-14-24,50-56(54)38(4,5)6)27-11-7-9-25(19-27)23-45/h7-12,15-16,19-22,24,50H,13-14,17-18H2,1-6H3,(H,47,52)(H2,46,48,53)/t39?,56-/m1/s1.